The van der Waals surface area contributed by atoms with Crippen molar-refractivity contribution in [3.05, 3.63) is 59.7 Å². The molecule has 0 radical (unpaired) electrons. The summed E-state index contributed by atoms with van der Waals surface area (Å²) in [4.78, 5) is -0.209. The molecule has 0 N–H and O–H groups in total. The van der Waals surface area contributed by atoms with Crippen molar-refractivity contribution in [2.75, 3.05) is 0 Å². The van der Waals surface area contributed by atoms with E-state index in [0.29, 0.717) is 0 Å². The Morgan fingerprint density at radius 3 is 0.404 bits per heavy atom. The third-order valence-electron chi connectivity index (χ3n) is 24.0. The minimum absolute atomic E-state index is 0. The Hall–Kier alpha value is -0.169. The molecule has 9 heteroatoms. The summed E-state index contributed by atoms with van der Waals surface area (Å²) in [6.45, 7) is 4.61. The van der Waals surface area contributed by atoms with Crippen LogP contribution in [-0.4, -0.2) is 74.8 Å². The van der Waals surface area contributed by atoms with Gasteiger partial charge in [0.2, 0.25) is 0 Å². The zero-order valence-corrected chi connectivity index (χ0v) is 79.5. The minimum Gasteiger partial charge on any atom is -0.744 e. The van der Waals surface area contributed by atoms with Crippen molar-refractivity contribution in [2.45, 2.75) is 576 Å². The van der Waals surface area contributed by atoms with Gasteiger partial charge in [-0.25, -0.2) is 16.8 Å². The van der Waals surface area contributed by atoms with Crippen LogP contribution >= 0.6 is 0 Å². The van der Waals surface area contributed by atoms with Crippen LogP contribution in [0.5, 0.6) is 0 Å². The van der Waals surface area contributed by atoms with E-state index in [4.69, 9.17) is 0 Å². The number of benzene rings is 2. The van der Waals surface area contributed by atoms with E-state index in [1.165, 1.54) is 551 Å². The first-order chi connectivity index (χ1) is 53.1. The molecule has 0 aromatic heterocycles. The average molecular weight is 1690 g/mol. The smallest absolute Gasteiger partial charge is 0.744 e. The van der Waals surface area contributed by atoms with Crippen LogP contribution in [0.25, 0.3) is 0 Å². The molecule has 0 heterocycles. The van der Waals surface area contributed by atoms with Crippen LogP contribution in [0.4, 0.5) is 0 Å². The molecule has 0 amide bonds. The van der Waals surface area contributed by atoms with Gasteiger partial charge in [0, 0.05) is 0 Å². The number of unbranched alkanes of at least 4 members (excludes halogenated alkanes) is 82. The molecule has 0 saturated heterocycles. The average Bonchev–Trinajstić information content (AvgIpc) is 0.864. The first-order valence-electron chi connectivity index (χ1n) is 49.2. The third-order valence-corrected chi connectivity index (χ3v) is 25.7. The molecule has 0 spiro atoms. The summed E-state index contributed by atoms with van der Waals surface area (Å²) in [5.74, 6) is 0. The summed E-state index contributed by atoms with van der Waals surface area (Å²) in [7, 11) is -8.70. The van der Waals surface area contributed by atoms with Crippen LogP contribution in [0.1, 0.15) is 564 Å². The molecular weight excluding hydrogens is 1500 g/mol. The summed E-state index contributed by atoms with van der Waals surface area (Å²) in [5.41, 5.74) is 1.91. The van der Waals surface area contributed by atoms with Gasteiger partial charge in [-0.3, -0.25) is 0 Å². The van der Waals surface area contributed by atoms with Gasteiger partial charge in [-0.1, -0.05) is 565 Å². The Bertz CT molecular complexity index is 2150. The molecule has 0 aliphatic heterocycles. The number of aryl methyl sites for hydroxylation is 2. The van der Waals surface area contributed by atoms with Crippen LogP contribution in [-0.2, 0) is 33.1 Å². The quantitative estimate of drug-likeness (QED) is 0.0370. The van der Waals surface area contributed by atoms with E-state index in [9.17, 15) is 25.9 Å². The van der Waals surface area contributed by atoms with Crippen molar-refractivity contribution in [1.82, 2.24) is 0 Å². The summed E-state index contributed by atoms with van der Waals surface area (Å²) in [5, 5.41) is 0. The molecule has 0 aliphatic rings. The predicted molar refractivity (Wildman–Crippen MR) is 481 cm³/mol. The largest absolute Gasteiger partial charge is 2.00 e. The number of hydrogen-bond acceptors (Lipinski definition) is 6. The Morgan fingerprint density at radius 2 is 0.294 bits per heavy atom. The van der Waals surface area contributed by atoms with Crippen LogP contribution in [0.15, 0.2) is 58.3 Å². The minimum atomic E-state index is -4.35. The van der Waals surface area contributed by atoms with Crippen LogP contribution < -0.4 is 0 Å². The van der Waals surface area contributed by atoms with Gasteiger partial charge in [-0.2, -0.15) is 0 Å². The number of rotatable bonds is 88. The first-order valence-corrected chi connectivity index (χ1v) is 52.0. The summed E-state index contributed by atoms with van der Waals surface area (Å²) in [6.07, 6.45) is 122. The van der Waals surface area contributed by atoms with E-state index in [1.54, 1.807) is 12.1 Å². The summed E-state index contributed by atoms with van der Waals surface area (Å²) in [6, 6.07) is 13.0. The van der Waals surface area contributed by atoms with E-state index in [-0.39, 0.29) is 58.7 Å². The Morgan fingerprint density at radius 1 is 0.183 bits per heavy atom. The second-order valence-electron chi connectivity index (χ2n) is 34.7. The van der Waals surface area contributed by atoms with E-state index in [0.717, 1.165) is 36.8 Å². The van der Waals surface area contributed by atoms with E-state index >= 15 is 0 Å². The summed E-state index contributed by atoms with van der Waals surface area (Å²) < 4.78 is 67.1. The van der Waals surface area contributed by atoms with Crippen molar-refractivity contribution in [3.8, 4) is 0 Å². The molecular formula is C100H186BaO6S2. The molecule has 0 aliphatic carbocycles. The SMILES string of the molecule is CCCCCCCCCCCCCCCCCCCCCCCCCCCCCCCCCCCCCCCCCCCCc1cccc(S(=O)(=O)[O-])c1.CCCCCCCCCCCCCCCCCCCCCCCCCCCCCCCCCCCCCCCCCCCCc1cccc(S(=O)(=O)[O-])c1.[Ba+2]. The van der Waals surface area contributed by atoms with E-state index in [1.807, 2.05) is 12.1 Å². The Labute approximate surface area is 723 Å². The second-order valence-corrected chi connectivity index (χ2v) is 37.5. The van der Waals surface area contributed by atoms with Gasteiger partial charge in [-0.05, 0) is 61.1 Å². The Kier molecular flexibility index (Phi) is 88.5. The fourth-order valence-corrected chi connectivity index (χ4v) is 17.7. The molecule has 109 heavy (non-hydrogen) atoms. The van der Waals surface area contributed by atoms with Crippen molar-refractivity contribution >= 4 is 69.1 Å². The molecule has 0 bridgehead atoms. The fourth-order valence-electron chi connectivity index (χ4n) is 16.7. The van der Waals surface area contributed by atoms with Crippen LogP contribution in [0.3, 0.4) is 0 Å². The van der Waals surface area contributed by atoms with Gasteiger partial charge in [0.15, 0.2) is 0 Å². The maximum atomic E-state index is 11.2. The molecule has 0 unspecified atom stereocenters. The van der Waals surface area contributed by atoms with Gasteiger partial charge < -0.3 is 9.11 Å². The van der Waals surface area contributed by atoms with E-state index in [2.05, 4.69) is 13.8 Å². The van der Waals surface area contributed by atoms with Crippen molar-refractivity contribution in [3.63, 3.8) is 0 Å². The molecule has 0 atom stereocenters. The van der Waals surface area contributed by atoms with Crippen molar-refractivity contribution in [2.24, 2.45) is 0 Å². The van der Waals surface area contributed by atoms with Gasteiger partial charge in [0.1, 0.15) is 20.2 Å². The van der Waals surface area contributed by atoms with Crippen LogP contribution in [0, 0.1) is 0 Å². The maximum absolute atomic E-state index is 11.2. The summed E-state index contributed by atoms with van der Waals surface area (Å²) >= 11 is 0. The van der Waals surface area contributed by atoms with Crippen LogP contribution in [0.2, 0.25) is 0 Å². The maximum Gasteiger partial charge on any atom is 2.00 e. The van der Waals surface area contributed by atoms with E-state index < -0.39 is 20.2 Å². The number of hydrogen-bond donors (Lipinski definition) is 0. The molecule has 0 saturated carbocycles. The first kappa shape index (κ1) is 109. The fraction of sp³-hybridized carbons (Fsp3) is 0.880. The van der Waals surface area contributed by atoms with Gasteiger partial charge in [-0.15, -0.1) is 0 Å². The monoisotopic (exact) mass is 1690 g/mol. The molecule has 636 valence electrons. The molecule has 2 aromatic carbocycles. The molecule has 2 aromatic rings. The van der Waals surface area contributed by atoms with Crippen molar-refractivity contribution in [1.29, 1.82) is 0 Å². The molecule has 0 fully saturated rings. The molecule has 6 nitrogen and oxygen atoms in total. The predicted octanol–water partition coefficient (Wildman–Crippen LogP) is 34.7. The Balaban J connectivity index is 0.00000212. The van der Waals surface area contributed by atoms with Crippen molar-refractivity contribution < 1.29 is 25.9 Å². The zero-order valence-electron chi connectivity index (χ0n) is 73.4. The molecule has 2 rings (SSSR count). The second kappa shape index (κ2) is 88.6. The topological polar surface area (TPSA) is 114 Å². The van der Waals surface area contributed by atoms with Gasteiger partial charge in [0.25, 0.3) is 0 Å². The standard InChI is InChI=1S/2C50H94O3S.Ba/c2*1-2-3-4-5-6-7-8-9-10-11-12-13-14-15-16-17-18-19-20-21-22-23-24-25-26-27-28-29-30-31-32-33-34-35-36-37-38-39-40-41-42-43-45-49-46-44-47-50(48-49)54(51,52)53;/h2*44,46-48H,2-43,45H2,1H3,(H,51,52,53);/q;;+2/p-2. The van der Waals surface area contributed by atoms with Gasteiger partial charge in [0.05, 0.1) is 9.79 Å². The normalized spacial score (nSPS) is 11.8. The third kappa shape index (κ3) is 84.1. The zero-order chi connectivity index (χ0) is 77.8. The van der Waals surface area contributed by atoms with Gasteiger partial charge >= 0.3 is 48.9 Å².